The van der Waals surface area contributed by atoms with Gasteiger partial charge >= 0.3 is 18.3 Å². The number of hydrogen-bond acceptors (Lipinski definition) is 5. The minimum Gasteiger partial charge on any atom is -0.465 e. The summed E-state index contributed by atoms with van der Waals surface area (Å²) in [6.07, 6.45) is -6.01. The zero-order chi connectivity index (χ0) is 26.2. The number of amides is 4. The molecule has 1 saturated heterocycles. The maximum atomic E-state index is 12.9. The van der Waals surface area contributed by atoms with Gasteiger partial charge in [0, 0.05) is 0 Å². The van der Waals surface area contributed by atoms with Crippen LogP contribution in [0.3, 0.4) is 0 Å². The second-order valence-electron chi connectivity index (χ2n) is 8.50. The van der Waals surface area contributed by atoms with E-state index in [1.54, 1.807) is 0 Å². The SMILES string of the molecule is CC1(C)NC(=O)N(C[C@@H](CS(=O)(=O)c2ccc(-c3ccc(C(F)(F)F)cc3)cc2)NC(=O)O)C1=O. The molecule has 3 rings (SSSR count). The van der Waals surface area contributed by atoms with Crippen LogP contribution in [0.2, 0.25) is 0 Å². The van der Waals surface area contributed by atoms with Crippen molar-refractivity contribution in [1.82, 2.24) is 15.5 Å². The van der Waals surface area contributed by atoms with Crippen LogP contribution in [0.15, 0.2) is 53.4 Å². The molecule has 0 radical (unpaired) electrons. The fraction of sp³-hybridized carbons (Fsp3) is 0.318. The average molecular weight is 513 g/mol. The molecule has 2 aromatic carbocycles. The van der Waals surface area contributed by atoms with E-state index in [9.17, 15) is 36.0 Å². The lowest BCUT2D eigenvalue weighted by Gasteiger charge is -2.22. The molecule has 0 bridgehead atoms. The van der Waals surface area contributed by atoms with Gasteiger partial charge in [-0.25, -0.2) is 18.0 Å². The van der Waals surface area contributed by atoms with Crippen LogP contribution in [0.25, 0.3) is 11.1 Å². The molecule has 0 aromatic heterocycles. The summed E-state index contributed by atoms with van der Waals surface area (Å²) in [5, 5.41) is 13.6. The molecule has 1 heterocycles. The van der Waals surface area contributed by atoms with Crippen molar-refractivity contribution in [2.45, 2.75) is 36.5 Å². The van der Waals surface area contributed by atoms with Gasteiger partial charge in [-0.15, -0.1) is 0 Å². The Labute approximate surface area is 198 Å². The number of sulfone groups is 1. The van der Waals surface area contributed by atoms with Crippen LogP contribution in [-0.4, -0.2) is 60.3 Å². The van der Waals surface area contributed by atoms with E-state index < -0.39 is 63.5 Å². The number of hydrogen-bond donors (Lipinski definition) is 3. The van der Waals surface area contributed by atoms with Gasteiger partial charge in [0.15, 0.2) is 9.84 Å². The van der Waals surface area contributed by atoms with Crippen molar-refractivity contribution < 1.29 is 41.1 Å². The highest BCUT2D eigenvalue weighted by Gasteiger charge is 2.45. The summed E-state index contributed by atoms with van der Waals surface area (Å²) in [4.78, 5) is 36.3. The van der Waals surface area contributed by atoms with E-state index in [4.69, 9.17) is 5.11 Å². The third-order valence-corrected chi connectivity index (χ3v) is 7.19. The minimum absolute atomic E-state index is 0.164. The predicted octanol–water partition coefficient (Wildman–Crippen LogP) is 3.11. The fourth-order valence-electron chi connectivity index (χ4n) is 3.59. The van der Waals surface area contributed by atoms with Crippen molar-refractivity contribution in [3.05, 3.63) is 54.1 Å². The molecular formula is C22H22F3N3O6S. The molecule has 1 aliphatic heterocycles. The zero-order valence-electron chi connectivity index (χ0n) is 18.6. The molecule has 188 valence electrons. The number of nitrogens with zero attached hydrogens (tertiary/aromatic N) is 1. The molecule has 4 amide bonds. The first-order chi connectivity index (χ1) is 16.1. The molecule has 1 aliphatic rings. The maximum absolute atomic E-state index is 12.9. The molecule has 1 fully saturated rings. The van der Waals surface area contributed by atoms with E-state index in [0.717, 1.165) is 17.0 Å². The van der Waals surface area contributed by atoms with Crippen LogP contribution < -0.4 is 10.6 Å². The molecule has 9 nitrogen and oxygen atoms in total. The van der Waals surface area contributed by atoms with E-state index >= 15 is 0 Å². The molecule has 2 aromatic rings. The van der Waals surface area contributed by atoms with Crippen molar-refractivity contribution in [1.29, 1.82) is 0 Å². The van der Waals surface area contributed by atoms with Gasteiger partial charge < -0.3 is 15.7 Å². The minimum atomic E-state index is -4.48. The van der Waals surface area contributed by atoms with Gasteiger partial charge in [-0.3, -0.25) is 9.69 Å². The van der Waals surface area contributed by atoms with Crippen LogP contribution in [-0.2, 0) is 20.8 Å². The normalized spacial score (nSPS) is 16.7. The van der Waals surface area contributed by atoms with Crippen LogP contribution in [0.5, 0.6) is 0 Å². The second-order valence-corrected chi connectivity index (χ2v) is 10.5. The molecular weight excluding hydrogens is 491 g/mol. The third-order valence-electron chi connectivity index (χ3n) is 5.35. The molecule has 0 saturated carbocycles. The van der Waals surface area contributed by atoms with Crippen molar-refractivity contribution in [3.63, 3.8) is 0 Å². The number of carboxylic acid groups (broad SMARTS) is 1. The Morgan fingerprint density at radius 3 is 2.00 bits per heavy atom. The molecule has 3 N–H and O–H groups in total. The van der Waals surface area contributed by atoms with E-state index in [0.29, 0.717) is 11.1 Å². The number of benzene rings is 2. The van der Waals surface area contributed by atoms with Gasteiger partial charge in [0.25, 0.3) is 5.91 Å². The fourth-order valence-corrected chi connectivity index (χ4v) is 5.05. The van der Waals surface area contributed by atoms with Crippen LogP contribution >= 0.6 is 0 Å². The van der Waals surface area contributed by atoms with Crippen molar-refractivity contribution in [2.75, 3.05) is 12.3 Å². The Morgan fingerprint density at radius 1 is 1.06 bits per heavy atom. The Morgan fingerprint density at radius 2 is 1.57 bits per heavy atom. The molecule has 0 unspecified atom stereocenters. The standard InChI is InChI=1S/C22H22F3N3O6S/c1-21(2)18(29)28(19(30)27-21)11-16(26-20(31)32)12-35(33,34)17-9-5-14(6-10-17)13-3-7-15(8-4-13)22(23,24)25/h3-10,16,26H,11-12H2,1-2H3,(H,27,30)(H,31,32)/t16-/m0/s1. The van der Waals surface area contributed by atoms with E-state index in [1.165, 1.54) is 50.2 Å². The Bertz CT molecular complexity index is 1240. The summed E-state index contributed by atoms with van der Waals surface area (Å²) in [7, 11) is -4.08. The number of imide groups is 1. The number of rotatable bonds is 7. The average Bonchev–Trinajstić information content (AvgIpc) is 2.94. The quantitative estimate of drug-likeness (QED) is 0.488. The Balaban J connectivity index is 1.78. The lowest BCUT2D eigenvalue weighted by atomic mass is 10.0. The molecule has 13 heteroatoms. The van der Waals surface area contributed by atoms with E-state index in [-0.39, 0.29) is 4.90 Å². The van der Waals surface area contributed by atoms with Gasteiger partial charge in [-0.1, -0.05) is 24.3 Å². The number of urea groups is 1. The monoisotopic (exact) mass is 513 g/mol. The topological polar surface area (TPSA) is 133 Å². The lowest BCUT2D eigenvalue weighted by Crippen LogP contribution is -2.49. The van der Waals surface area contributed by atoms with Crippen LogP contribution in [0, 0.1) is 0 Å². The van der Waals surface area contributed by atoms with E-state index in [2.05, 4.69) is 5.32 Å². The smallest absolute Gasteiger partial charge is 0.416 e. The number of halogens is 3. The Hall–Kier alpha value is -3.61. The lowest BCUT2D eigenvalue weighted by molar-refractivity contribution is -0.137. The first-order valence-corrected chi connectivity index (χ1v) is 11.9. The van der Waals surface area contributed by atoms with Crippen LogP contribution in [0.4, 0.5) is 22.8 Å². The summed E-state index contributed by atoms with van der Waals surface area (Å²) in [5.74, 6) is -1.37. The highest BCUT2D eigenvalue weighted by atomic mass is 32.2. The first-order valence-electron chi connectivity index (χ1n) is 10.2. The third kappa shape index (κ3) is 5.91. The largest absolute Gasteiger partial charge is 0.465 e. The number of carbonyl (C=O) groups is 3. The predicted molar refractivity (Wildman–Crippen MR) is 118 cm³/mol. The number of nitrogens with one attached hydrogen (secondary N) is 2. The summed E-state index contributed by atoms with van der Waals surface area (Å²) in [6, 6.07) is 7.60. The summed E-state index contributed by atoms with van der Waals surface area (Å²) >= 11 is 0. The second kappa shape index (κ2) is 9.21. The number of carbonyl (C=O) groups excluding carboxylic acids is 2. The summed E-state index contributed by atoms with van der Waals surface area (Å²) in [6.45, 7) is 2.42. The molecule has 0 spiro atoms. The molecule has 35 heavy (non-hydrogen) atoms. The van der Waals surface area contributed by atoms with Gasteiger partial charge in [-0.05, 0) is 49.2 Å². The first kappa shape index (κ1) is 26.0. The Kier molecular flexibility index (Phi) is 6.84. The molecule has 0 aliphatic carbocycles. The number of alkyl halides is 3. The highest BCUT2D eigenvalue weighted by molar-refractivity contribution is 7.91. The van der Waals surface area contributed by atoms with Crippen molar-refractivity contribution >= 4 is 27.9 Å². The van der Waals surface area contributed by atoms with Gasteiger partial charge in [0.2, 0.25) is 0 Å². The molecule has 1 atom stereocenters. The van der Waals surface area contributed by atoms with Crippen LogP contribution in [0.1, 0.15) is 19.4 Å². The van der Waals surface area contributed by atoms with Crippen molar-refractivity contribution in [3.8, 4) is 11.1 Å². The van der Waals surface area contributed by atoms with E-state index in [1.807, 2.05) is 5.32 Å². The highest BCUT2D eigenvalue weighted by Crippen LogP contribution is 2.31. The van der Waals surface area contributed by atoms with Crippen molar-refractivity contribution in [2.24, 2.45) is 0 Å². The zero-order valence-corrected chi connectivity index (χ0v) is 19.4. The van der Waals surface area contributed by atoms with Gasteiger partial charge in [0.1, 0.15) is 5.54 Å². The maximum Gasteiger partial charge on any atom is 0.416 e. The van der Waals surface area contributed by atoms with Gasteiger partial charge in [-0.2, -0.15) is 13.2 Å². The summed E-state index contributed by atoms with van der Waals surface area (Å²) in [5.41, 5.74) is -1.11. The van der Waals surface area contributed by atoms with Gasteiger partial charge in [0.05, 0.1) is 28.8 Å². The summed E-state index contributed by atoms with van der Waals surface area (Å²) < 4.78 is 64.1.